The van der Waals surface area contributed by atoms with Crippen molar-refractivity contribution in [3.8, 4) is 0 Å². The fraction of sp³-hybridized carbons (Fsp3) is 0.855. The molecule has 0 aliphatic carbocycles. The van der Waals surface area contributed by atoms with Crippen LogP contribution >= 0.6 is 7.82 Å². The Morgan fingerprint density at radius 3 is 1.35 bits per heavy atom. The molecular weight excluding hydrogens is 832 g/mol. The molecule has 0 aromatic heterocycles. The van der Waals surface area contributed by atoms with E-state index in [-0.39, 0.29) is 31.5 Å². The van der Waals surface area contributed by atoms with Crippen molar-refractivity contribution in [1.29, 1.82) is 0 Å². The number of unbranched alkanes of at least 4 members (excludes halogenated alkanes) is 29. The SMILES string of the molecule is CCCC/C=C\CCCCCCCC(=O)OC(/C=C\CCCCCCCCCCCC)C(COP(=O)(O)OCC[N+](C)(C)C)NC(=O)CCCCCCC/C=C/CCCCCCCCC. The number of ether oxygens (including phenoxy) is 1. The number of phosphoric ester groups is 1. The van der Waals surface area contributed by atoms with E-state index in [4.69, 9.17) is 13.8 Å². The maximum Gasteiger partial charge on any atom is 0.472 e. The van der Waals surface area contributed by atoms with Crippen LogP contribution in [0.1, 0.15) is 252 Å². The summed E-state index contributed by atoms with van der Waals surface area (Å²) in [5.74, 6) is -0.523. The molecule has 0 bridgehead atoms. The fourth-order valence-corrected chi connectivity index (χ4v) is 8.47. The second kappa shape index (κ2) is 46.0. The predicted octanol–water partition coefficient (Wildman–Crippen LogP) is 16.0. The van der Waals surface area contributed by atoms with Gasteiger partial charge in [-0.2, -0.15) is 0 Å². The average molecular weight is 938 g/mol. The summed E-state index contributed by atoms with van der Waals surface area (Å²) in [6.45, 7) is 6.96. The number of nitrogens with one attached hydrogen (secondary N) is 1. The van der Waals surface area contributed by atoms with E-state index in [1.165, 1.54) is 116 Å². The number of phosphoric acid groups is 1. The summed E-state index contributed by atoms with van der Waals surface area (Å²) in [7, 11) is 1.49. The van der Waals surface area contributed by atoms with Crippen LogP contribution < -0.4 is 5.32 Å². The fourth-order valence-electron chi connectivity index (χ4n) is 7.74. The van der Waals surface area contributed by atoms with E-state index < -0.39 is 20.0 Å². The van der Waals surface area contributed by atoms with Crippen LogP contribution in [0.25, 0.3) is 0 Å². The van der Waals surface area contributed by atoms with E-state index in [9.17, 15) is 19.0 Å². The first-order valence-electron chi connectivity index (χ1n) is 27.3. The van der Waals surface area contributed by atoms with Crippen molar-refractivity contribution in [3.05, 3.63) is 36.5 Å². The van der Waals surface area contributed by atoms with Crippen LogP contribution in [0.15, 0.2) is 36.5 Å². The van der Waals surface area contributed by atoms with E-state index in [1.54, 1.807) is 0 Å². The highest BCUT2D eigenvalue weighted by molar-refractivity contribution is 7.47. The molecule has 9 nitrogen and oxygen atoms in total. The molecular formula is C55H106N2O7P+. The lowest BCUT2D eigenvalue weighted by molar-refractivity contribution is -0.870. The lowest BCUT2D eigenvalue weighted by atomic mass is 10.0. The van der Waals surface area contributed by atoms with Gasteiger partial charge in [0.15, 0.2) is 0 Å². The number of quaternary nitrogens is 1. The first-order valence-corrected chi connectivity index (χ1v) is 28.8. The Morgan fingerprint density at radius 2 is 0.908 bits per heavy atom. The molecule has 0 rings (SSSR count). The number of likely N-dealkylation sites (N-methyl/N-ethyl adjacent to an activating group) is 1. The van der Waals surface area contributed by atoms with E-state index in [0.717, 1.165) is 103 Å². The van der Waals surface area contributed by atoms with Crippen molar-refractivity contribution in [3.63, 3.8) is 0 Å². The van der Waals surface area contributed by atoms with Gasteiger partial charge < -0.3 is 19.4 Å². The molecule has 65 heavy (non-hydrogen) atoms. The zero-order valence-electron chi connectivity index (χ0n) is 43.5. The Kier molecular flexibility index (Phi) is 44.7. The van der Waals surface area contributed by atoms with Crippen molar-refractivity contribution >= 4 is 19.7 Å². The van der Waals surface area contributed by atoms with Gasteiger partial charge in [0.25, 0.3) is 0 Å². The molecule has 3 atom stereocenters. The quantitative estimate of drug-likeness (QED) is 0.0205. The van der Waals surface area contributed by atoms with Gasteiger partial charge in [0.05, 0.1) is 33.8 Å². The second-order valence-electron chi connectivity index (χ2n) is 19.7. The molecule has 0 aliphatic rings. The Balaban J connectivity index is 5.39. The molecule has 0 saturated carbocycles. The number of carbonyl (C=O) groups is 2. The van der Waals surface area contributed by atoms with Gasteiger partial charge in [-0.3, -0.25) is 18.6 Å². The number of hydrogen-bond acceptors (Lipinski definition) is 6. The largest absolute Gasteiger partial charge is 0.472 e. The van der Waals surface area contributed by atoms with Gasteiger partial charge in [0.2, 0.25) is 5.91 Å². The van der Waals surface area contributed by atoms with Crippen molar-refractivity contribution < 1.29 is 37.3 Å². The minimum atomic E-state index is -4.44. The Bertz CT molecular complexity index is 1220. The summed E-state index contributed by atoms with van der Waals surface area (Å²) in [5, 5.41) is 3.03. The van der Waals surface area contributed by atoms with Gasteiger partial charge in [-0.05, 0) is 76.7 Å². The number of hydrogen-bond donors (Lipinski definition) is 2. The molecule has 0 fully saturated rings. The van der Waals surface area contributed by atoms with Crippen molar-refractivity contribution in [2.75, 3.05) is 40.9 Å². The number of nitrogens with zero attached hydrogens (tertiary/aromatic N) is 1. The van der Waals surface area contributed by atoms with Crippen LogP contribution in [0, 0.1) is 0 Å². The number of amides is 1. The smallest absolute Gasteiger partial charge is 0.456 e. The summed E-state index contributed by atoms with van der Waals surface area (Å²) in [4.78, 5) is 37.4. The summed E-state index contributed by atoms with van der Waals surface area (Å²) in [6.07, 6.45) is 52.8. The van der Waals surface area contributed by atoms with Gasteiger partial charge in [-0.15, -0.1) is 0 Å². The Morgan fingerprint density at radius 1 is 0.523 bits per heavy atom. The molecule has 0 aromatic carbocycles. The maximum atomic E-state index is 13.4. The van der Waals surface area contributed by atoms with E-state index in [2.05, 4.69) is 50.4 Å². The first kappa shape index (κ1) is 63.2. The van der Waals surface area contributed by atoms with E-state index >= 15 is 0 Å². The second-order valence-corrected chi connectivity index (χ2v) is 21.2. The third kappa shape index (κ3) is 47.1. The standard InChI is InChI=1S/C55H105N2O7P/c1-7-10-13-16-19-22-25-27-28-29-30-33-35-38-41-44-47-54(58)56-52(51-63-65(60,61)62-50-49-57(4,5)6)53(46-43-40-37-34-32-26-23-20-17-14-11-8-2)64-55(59)48-45-42-39-36-31-24-21-18-15-12-9-3/h18,21,28-29,43,46,52-53H,7-17,19-20,22-27,30-42,44-45,47-51H2,1-6H3,(H-,56,58,60,61)/p+1/b21-18-,29-28+,46-43-. The predicted molar refractivity (Wildman–Crippen MR) is 277 cm³/mol. The van der Waals surface area contributed by atoms with Crippen molar-refractivity contribution in [2.45, 2.75) is 264 Å². The zero-order valence-corrected chi connectivity index (χ0v) is 44.4. The van der Waals surface area contributed by atoms with E-state index in [1.807, 2.05) is 33.3 Å². The molecule has 10 heteroatoms. The lowest BCUT2D eigenvalue weighted by Gasteiger charge is -2.27. The molecule has 3 unspecified atom stereocenters. The number of rotatable bonds is 49. The van der Waals surface area contributed by atoms with Gasteiger partial charge in [-0.1, -0.05) is 199 Å². The monoisotopic (exact) mass is 938 g/mol. The van der Waals surface area contributed by atoms with Crippen LogP contribution in [0.3, 0.4) is 0 Å². The molecule has 0 spiro atoms. The molecule has 0 heterocycles. The third-order valence-electron chi connectivity index (χ3n) is 12.1. The van der Waals surface area contributed by atoms with Gasteiger partial charge in [0.1, 0.15) is 19.3 Å². The van der Waals surface area contributed by atoms with Crippen molar-refractivity contribution in [1.82, 2.24) is 5.32 Å². The number of carbonyl (C=O) groups excluding carboxylic acids is 2. The van der Waals surface area contributed by atoms with Gasteiger partial charge >= 0.3 is 13.8 Å². The molecule has 2 N–H and O–H groups in total. The van der Waals surface area contributed by atoms with Crippen LogP contribution in [0.2, 0.25) is 0 Å². The highest BCUT2D eigenvalue weighted by Gasteiger charge is 2.30. The molecule has 0 radical (unpaired) electrons. The summed E-state index contributed by atoms with van der Waals surface area (Å²) >= 11 is 0. The van der Waals surface area contributed by atoms with Crippen LogP contribution in [-0.4, -0.2) is 74.3 Å². The normalized spacial score (nSPS) is 14.1. The highest BCUT2D eigenvalue weighted by atomic mass is 31.2. The van der Waals surface area contributed by atoms with Crippen LogP contribution in [0.5, 0.6) is 0 Å². The lowest BCUT2D eigenvalue weighted by Crippen LogP contribution is -2.47. The summed E-state index contributed by atoms with van der Waals surface area (Å²) in [5.41, 5.74) is 0. The Hall–Kier alpha value is -1.77. The first-order chi connectivity index (χ1) is 31.4. The van der Waals surface area contributed by atoms with Crippen LogP contribution in [0.4, 0.5) is 0 Å². The molecule has 0 saturated heterocycles. The third-order valence-corrected chi connectivity index (χ3v) is 13.0. The highest BCUT2D eigenvalue weighted by Crippen LogP contribution is 2.43. The molecule has 382 valence electrons. The van der Waals surface area contributed by atoms with Crippen molar-refractivity contribution in [2.24, 2.45) is 0 Å². The summed E-state index contributed by atoms with van der Waals surface area (Å²) in [6, 6.07) is -0.851. The Labute approximate surface area is 402 Å². The molecule has 1 amide bonds. The number of allylic oxidation sites excluding steroid dienone is 5. The van der Waals surface area contributed by atoms with Gasteiger partial charge in [-0.25, -0.2) is 4.57 Å². The minimum absolute atomic E-state index is 0.0384. The molecule has 0 aromatic rings. The van der Waals surface area contributed by atoms with E-state index in [0.29, 0.717) is 17.4 Å². The zero-order chi connectivity index (χ0) is 48.0. The average Bonchev–Trinajstić information content (AvgIpc) is 3.26. The van der Waals surface area contributed by atoms with Crippen LogP contribution in [-0.2, 0) is 27.9 Å². The topological polar surface area (TPSA) is 111 Å². The maximum absolute atomic E-state index is 13.4. The minimum Gasteiger partial charge on any atom is -0.456 e. The molecule has 0 aliphatic heterocycles. The number of esters is 1. The van der Waals surface area contributed by atoms with Gasteiger partial charge in [0, 0.05) is 12.8 Å². The summed E-state index contributed by atoms with van der Waals surface area (Å²) < 4.78 is 30.5.